The van der Waals surface area contributed by atoms with Gasteiger partial charge < -0.3 is 5.11 Å². The van der Waals surface area contributed by atoms with Gasteiger partial charge in [-0.15, -0.1) is 0 Å². The Morgan fingerprint density at radius 1 is 1.50 bits per heavy atom. The van der Waals surface area contributed by atoms with E-state index in [1.807, 2.05) is 6.92 Å². The second-order valence-corrected chi connectivity index (χ2v) is 3.30. The smallest absolute Gasteiger partial charge is 0.354 e. The zero-order chi connectivity index (χ0) is 10.7. The number of nitrogens with zero attached hydrogens (tertiary/aromatic N) is 2. The van der Waals surface area contributed by atoms with Crippen LogP contribution in [0.3, 0.4) is 0 Å². The highest BCUT2D eigenvalue weighted by Gasteiger charge is 2.16. The van der Waals surface area contributed by atoms with E-state index >= 15 is 0 Å². The van der Waals surface area contributed by atoms with E-state index in [0.717, 1.165) is 6.42 Å². The molecule has 1 aromatic rings. The second kappa shape index (κ2) is 4.37. The number of carbonyl (C=O) groups is 1. The van der Waals surface area contributed by atoms with Crippen LogP contribution in [-0.2, 0) is 6.42 Å². The maximum absolute atomic E-state index is 10.9. The molecule has 0 spiro atoms. The normalized spacial score (nSPS) is 10.2. The van der Waals surface area contributed by atoms with E-state index in [0.29, 0.717) is 17.8 Å². The first-order valence-corrected chi connectivity index (χ1v) is 4.70. The van der Waals surface area contributed by atoms with Gasteiger partial charge in [0.15, 0.2) is 5.69 Å². The van der Waals surface area contributed by atoms with Crippen molar-refractivity contribution in [2.75, 3.05) is 0 Å². The lowest BCUT2D eigenvalue weighted by Crippen LogP contribution is -2.09. The molecule has 0 aromatic carbocycles. The van der Waals surface area contributed by atoms with Crippen LogP contribution in [0.15, 0.2) is 0 Å². The van der Waals surface area contributed by atoms with E-state index in [9.17, 15) is 4.79 Å². The number of hydrogen-bond acceptors (Lipinski definition) is 3. The molecule has 76 valence electrons. The highest BCUT2D eigenvalue weighted by atomic mass is 35.5. The third kappa shape index (κ3) is 2.20. The van der Waals surface area contributed by atoms with Gasteiger partial charge in [-0.05, 0) is 13.3 Å². The van der Waals surface area contributed by atoms with Gasteiger partial charge in [-0.1, -0.05) is 24.9 Å². The van der Waals surface area contributed by atoms with E-state index in [4.69, 9.17) is 16.7 Å². The number of rotatable bonds is 3. The number of carboxylic acids is 1. The Hall–Kier alpha value is -1.16. The Labute approximate surface area is 87.0 Å². The van der Waals surface area contributed by atoms with E-state index < -0.39 is 5.97 Å². The molecule has 0 unspecified atom stereocenters. The fraction of sp³-hybridized carbons (Fsp3) is 0.444. The summed E-state index contributed by atoms with van der Waals surface area (Å²) in [6.45, 7) is 3.57. The minimum atomic E-state index is -1.05. The summed E-state index contributed by atoms with van der Waals surface area (Å²) in [5.74, 6) is -0.673. The SMILES string of the molecule is CCCc1c(Cl)nc(C)nc1C(=O)O. The number of aromatic nitrogens is 2. The topological polar surface area (TPSA) is 63.1 Å². The average molecular weight is 215 g/mol. The molecule has 5 heteroatoms. The molecule has 0 amide bonds. The van der Waals surface area contributed by atoms with E-state index in [2.05, 4.69) is 9.97 Å². The standard InChI is InChI=1S/C9H11ClN2O2/c1-3-4-6-7(9(13)14)11-5(2)12-8(6)10/h3-4H2,1-2H3,(H,13,14). The van der Waals surface area contributed by atoms with Crippen molar-refractivity contribution in [3.63, 3.8) is 0 Å². The summed E-state index contributed by atoms with van der Waals surface area (Å²) in [6, 6.07) is 0. The van der Waals surface area contributed by atoms with Crippen LogP contribution in [0.25, 0.3) is 0 Å². The van der Waals surface area contributed by atoms with Crippen LogP contribution in [0.4, 0.5) is 0 Å². The number of aromatic carboxylic acids is 1. The maximum atomic E-state index is 10.9. The van der Waals surface area contributed by atoms with E-state index in [-0.39, 0.29) is 10.8 Å². The van der Waals surface area contributed by atoms with Crippen LogP contribution < -0.4 is 0 Å². The molecule has 0 aliphatic heterocycles. The third-order valence-electron chi connectivity index (χ3n) is 1.77. The van der Waals surface area contributed by atoms with Crippen molar-refractivity contribution < 1.29 is 9.90 Å². The van der Waals surface area contributed by atoms with Crippen molar-refractivity contribution in [2.24, 2.45) is 0 Å². The number of aryl methyl sites for hydroxylation is 1. The molecule has 0 aliphatic rings. The Morgan fingerprint density at radius 3 is 2.64 bits per heavy atom. The van der Waals surface area contributed by atoms with E-state index in [1.54, 1.807) is 6.92 Å². The molecule has 0 fully saturated rings. The molecule has 1 N–H and O–H groups in total. The van der Waals surface area contributed by atoms with Crippen molar-refractivity contribution in [3.05, 3.63) is 22.2 Å². The number of hydrogen-bond donors (Lipinski definition) is 1. The first-order chi connectivity index (χ1) is 6.56. The highest BCUT2D eigenvalue weighted by Crippen LogP contribution is 2.18. The van der Waals surface area contributed by atoms with Gasteiger partial charge in [-0.2, -0.15) is 0 Å². The second-order valence-electron chi connectivity index (χ2n) is 2.94. The monoisotopic (exact) mass is 214 g/mol. The van der Waals surface area contributed by atoms with Gasteiger partial charge in [-0.3, -0.25) is 0 Å². The van der Waals surface area contributed by atoms with Crippen LogP contribution in [0, 0.1) is 6.92 Å². The van der Waals surface area contributed by atoms with Gasteiger partial charge in [0.1, 0.15) is 11.0 Å². The predicted octanol–water partition coefficient (Wildman–Crippen LogP) is 2.09. The molecule has 0 bridgehead atoms. The zero-order valence-corrected chi connectivity index (χ0v) is 8.80. The molecule has 1 rings (SSSR count). The lowest BCUT2D eigenvalue weighted by Gasteiger charge is -2.06. The van der Waals surface area contributed by atoms with Crippen LogP contribution in [0.2, 0.25) is 5.15 Å². The van der Waals surface area contributed by atoms with Gasteiger partial charge in [-0.25, -0.2) is 14.8 Å². The molecule has 0 aliphatic carbocycles. The maximum Gasteiger partial charge on any atom is 0.354 e. The summed E-state index contributed by atoms with van der Waals surface area (Å²) in [6.07, 6.45) is 1.40. The summed E-state index contributed by atoms with van der Waals surface area (Å²) >= 11 is 5.84. The van der Waals surface area contributed by atoms with Crippen LogP contribution in [0.5, 0.6) is 0 Å². The molecular weight excluding hydrogens is 204 g/mol. The van der Waals surface area contributed by atoms with Crippen molar-refractivity contribution in [1.82, 2.24) is 9.97 Å². The summed E-state index contributed by atoms with van der Waals surface area (Å²) in [7, 11) is 0. The summed E-state index contributed by atoms with van der Waals surface area (Å²) in [5, 5.41) is 9.14. The fourth-order valence-electron chi connectivity index (χ4n) is 1.21. The first kappa shape index (κ1) is 10.9. The largest absolute Gasteiger partial charge is 0.476 e. The van der Waals surface area contributed by atoms with Crippen LogP contribution in [0.1, 0.15) is 35.2 Å². The fourth-order valence-corrected chi connectivity index (χ4v) is 1.52. The molecule has 0 saturated carbocycles. The molecule has 1 heterocycles. The summed E-state index contributed by atoms with van der Waals surface area (Å²) in [4.78, 5) is 18.6. The first-order valence-electron chi connectivity index (χ1n) is 4.32. The van der Waals surface area contributed by atoms with Crippen LogP contribution >= 0.6 is 11.6 Å². The summed E-state index contributed by atoms with van der Waals surface area (Å²) < 4.78 is 0. The van der Waals surface area contributed by atoms with Crippen molar-refractivity contribution in [1.29, 1.82) is 0 Å². The Bertz CT molecular complexity index is 366. The van der Waals surface area contributed by atoms with Crippen molar-refractivity contribution in [3.8, 4) is 0 Å². The molecule has 1 aromatic heterocycles. The highest BCUT2D eigenvalue weighted by molar-refractivity contribution is 6.30. The minimum Gasteiger partial charge on any atom is -0.476 e. The van der Waals surface area contributed by atoms with Gasteiger partial charge in [0.05, 0.1) is 0 Å². The molecule has 0 saturated heterocycles. The molecular formula is C9H11ClN2O2. The van der Waals surface area contributed by atoms with Gasteiger partial charge in [0, 0.05) is 5.56 Å². The van der Waals surface area contributed by atoms with Crippen molar-refractivity contribution >= 4 is 17.6 Å². The Balaban J connectivity index is 3.28. The molecule has 14 heavy (non-hydrogen) atoms. The zero-order valence-electron chi connectivity index (χ0n) is 8.04. The lowest BCUT2D eigenvalue weighted by molar-refractivity contribution is 0.0688. The van der Waals surface area contributed by atoms with Crippen molar-refractivity contribution in [2.45, 2.75) is 26.7 Å². The van der Waals surface area contributed by atoms with E-state index in [1.165, 1.54) is 0 Å². The molecule has 0 radical (unpaired) electrons. The predicted molar refractivity (Wildman–Crippen MR) is 52.7 cm³/mol. The Morgan fingerprint density at radius 2 is 2.14 bits per heavy atom. The summed E-state index contributed by atoms with van der Waals surface area (Å²) in [5.41, 5.74) is 0.539. The molecule has 0 atom stereocenters. The van der Waals surface area contributed by atoms with Gasteiger partial charge in [0.2, 0.25) is 0 Å². The Kier molecular flexibility index (Phi) is 3.41. The lowest BCUT2D eigenvalue weighted by atomic mass is 10.1. The van der Waals surface area contributed by atoms with Gasteiger partial charge >= 0.3 is 5.97 Å². The number of halogens is 1. The minimum absolute atomic E-state index is 0.0179. The number of carboxylic acid groups (broad SMARTS) is 1. The van der Waals surface area contributed by atoms with Gasteiger partial charge in [0.25, 0.3) is 0 Å². The third-order valence-corrected chi connectivity index (χ3v) is 2.08. The average Bonchev–Trinajstić information content (AvgIpc) is 2.09. The molecule has 4 nitrogen and oxygen atoms in total. The van der Waals surface area contributed by atoms with Crippen LogP contribution in [-0.4, -0.2) is 21.0 Å². The quantitative estimate of drug-likeness (QED) is 0.783.